The Kier molecular flexibility index (Phi) is 7.19. The Bertz CT molecular complexity index is 1700. The topological polar surface area (TPSA) is 107 Å². The molecule has 2 amide bonds. The van der Waals surface area contributed by atoms with Crippen LogP contribution in [0.5, 0.6) is 5.75 Å². The van der Waals surface area contributed by atoms with Crippen LogP contribution >= 0.6 is 22.7 Å². The number of carbonyl (C=O) groups excluding carboxylic acids is 2. The summed E-state index contributed by atoms with van der Waals surface area (Å²) < 4.78 is 39.0. The van der Waals surface area contributed by atoms with Gasteiger partial charge >= 0.3 is 0 Å². The summed E-state index contributed by atoms with van der Waals surface area (Å²) in [5.41, 5.74) is 7.66. The van der Waals surface area contributed by atoms with Crippen LogP contribution in [0.3, 0.4) is 0 Å². The Morgan fingerprint density at radius 1 is 1.08 bits per heavy atom. The smallest absolute Gasteiger partial charge is 0.291 e. The maximum absolute atomic E-state index is 13.7. The van der Waals surface area contributed by atoms with Crippen LogP contribution in [-0.2, 0) is 6.61 Å². The van der Waals surface area contributed by atoms with Crippen molar-refractivity contribution in [3.8, 4) is 16.2 Å². The van der Waals surface area contributed by atoms with E-state index in [9.17, 15) is 18.4 Å². The molecular formula is C28H23F2N3O4S2. The molecule has 4 aromatic heterocycles. The highest BCUT2D eigenvalue weighted by Gasteiger charge is 2.26. The molecule has 200 valence electrons. The van der Waals surface area contributed by atoms with Crippen molar-refractivity contribution in [2.75, 3.05) is 5.32 Å². The molecule has 0 spiro atoms. The highest BCUT2D eigenvalue weighted by Crippen LogP contribution is 2.44. The summed E-state index contributed by atoms with van der Waals surface area (Å²) in [5.74, 6) is -0.312. The van der Waals surface area contributed by atoms with E-state index in [2.05, 4.69) is 10.3 Å². The van der Waals surface area contributed by atoms with Gasteiger partial charge in [0.05, 0.1) is 5.69 Å². The Morgan fingerprint density at radius 3 is 2.46 bits per heavy atom. The van der Waals surface area contributed by atoms with Gasteiger partial charge in [-0.1, -0.05) is 18.2 Å². The van der Waals surface area contributed by atoms with Gasteiger partial charge < -0.3 is 20.2 Å². The minimum atomic E-state index is -2.82. The fourth-order valence-corrected chi connectivity index (χ4v) is 6.12. The number of halogens is 2. The number of aromatic nitrogens is 1. The second-order valence-electron chi connectivity index (χ2n) is 8.89. The van der Waals surface area contributed by atoms with Crippen LogP contribution in [0.15, 0.2) is 52.9 Å². The average molecular weight is 568 g/mol. The Labute approximate surface area is 230 Å². The van der Waals surface area contributed by atoms with Crippen molar-refractivity contribution in [3.05, 3.63) is 86.6 Å². The minimum Gasteiger partial charge on any atom is -0.485 e. The van der Waals surface area contributed by atoms with Gasteiger partial charge in [-0.25, -0.2) is 13.8 Å². The Morgan fingerprint density at radius 2 is 1.82 bits per heavy atom. The summed E-state index contributed by atoms with van der Waals surface area (Å²) in [6, 6.07) is 13.9. The number of pyridine rings is 1. The van der Waals surface area contributed by atoms with E-state index in [4.69, 9.17) is 14.9 Å². The van der Waals surface area contributed by atoms with E-state index in [1.807, 2.05) is 45.0 Å². The number of benzene rings is 1. The summed E-state index contributed by atoms with van der Waals surface area (Å²) in [7, 11) is 0. The van der Waals surface area contributed by atoms with Crippen LogP contribution in [0.1, 0.15) is 54.1 Å². The molecular weight excluding hydrogens is 544 g/mol. The molecule has 5 aromatic rings. The first-order valence-electron chi connectivity index (χ1n) is 11.8. The fraction of sp³-hybridized carbons (Fsp3) is 0.179. The van der Waals surface area contributed by atoms with E-state index in [-0.39, 0.29) is 27.8 Å². The number of nitrogens with zero attached hydrogens (tertiary/aromatic N) is 1. The quantitative estimate of drug-likeness (QED) is 0.203. The molecule has 5 rings (SSSR count). The molecule has 0 fully saturated rings. The van der Waals surface area contributed by atoms with Crippen molar-refractivity contribution < 1.29 is 27.5 Å². The van der Waals surface area contributed by atoms with Crippen LogP contribution in [0.4, 0.5) is 14.5 Å². The third kappa shape index (κ3) is 5.27. The molecule has 0 atom stereocenters. The number of amides is 2. The molecule has 0 saturated carbocycles. The number of alkyl halides is 2. The maximum Gasteiger partial charge on any atom is 0.291 e. The number of furan rings is 1. The molecule has 3 N–H and O–H groups in total. The van der Waals surface area contributed by atoms with Gasteiger partial charge in [-0.3, -0.25) is 9.59 Å². The lowest BCUT2D eigenvalue weighted by molar-refractivity contribution is 0.0992. The van der Waals surface area contributed by atoms with Gasteiger partial charge in [0.15, 0.2) is 5.76 Å². The molecule has 1 aromatic carbocycles. The van der Waals surface area contributed by atoms with Crippen LogP contribution < -0.4 is 15.8 Å². The van der Waals surface area contributed by atoms with Gasteiger partial charge in [-0.2, -0.15) is 0 Å². The number of nitrogens with one attached hydrogen (secondary N) is 1. The largest absolute Gasteiger partial charge is 0.485 e. The van der Waals surface area contributed by atoms with Gasteiger partial charge in [0.1, 0.15) is 33.5 Å². The number of thiophene rings is 2. The zero-order valence-corrected chi connectivity index (χ0v) is 22.8. The molecule has 0 aliphatic rings. The molecule has 0 radical (unpaired) electrons. The van der Waals surface area contributed by atoms with Crippen LogP contribution in [0.25, 0.3) is 20.7 Å². The van der Waals surface area contributed by atoms with Gasteiger partial charge in [-0.05, 0) is 62.2 Å². The second-order valence-corrected chi connectivity index (χ2v) is 11.2. The van der Waals surface area contributed by atoms with Crippen molar-refractivity contribution in [1.82, 2.24) is 4.98 Å². The number of anilines is 1. The first-order chi connectivity index (χ1) is 18.6. The van der Waals surface area contributed by atoms with E-state index in [0.717, 1.165) is 33.1 Å². The van der Waals surface area contributed by atoms with E-state index >= 15 is 0 Å². The standard InChI is InChI=1S/C28H23F2N3O4S2/c1-13-5-4-6-14(2)23(13)36-12-16-8-9-19(37-16)27(35)33-22-21-17(20-10-7-15(3)38-20)11-18(25(29)30)32-28(21)39-24(22)26(31)34/h4-11,25H,12H2,1-3H3,(H2,31,34)(H,33,35). The third-order valence-electron chi connectivity index (χ3n) is 6.03. The number of ether oxygens (including phenoxy) is 1. The van der Waals surface area contributed by atoms with Crippen molar-refractivity contribution >= 4 is 50.4 Å². The fourth-order valence-electron chi connectivity index (χ4n) is 4.22. The first kappa shape index (κ1) is 26.5. The Balaban J connectivity index is 1.49. The number of carbonyl (C=O) groups is 2. The molecule has 0 bridgehead atoms. The molecule has 39 heavy (non-hydrogen) atoms. The molecule has 11 heteroatoms. The maximum atomic E-state index is 13.7. The van der Waals surface area contributed by atoms with Gasteiger partial charge in [-0.15, -0.1) is 22.7 Å². The molecule has 0 saturated heterocycles. The van der Waals surface area contributed by atoms with E-state index < -0.39 is 23.9 Å². The van der Waals surface area contributed by atoms with Gasteiger partial charge in [0.2, 0.25) is 0 Å². The summed E-state index contributed by atoms with van der Waals surface area (Å²) in [6.07, 6.45) is -2.82. The van der Waals surface area contributed by atoms with Crippen LogP contribution in [0, 0.1) is 20.8 Å². The summed E-state index contributed by atoms with van der Waals surface area (Å²) >= 11 is 2.25. The number of aryl methyl sites for hydroxylation is 3. The minimum absolute atomic E-state index is 0.00284. The zero-order valence-electron chi connectivity index (χ0n) is 21.1. The predicted molar refractivity (Wildman–Crippen MR) is 148 cm³/mol. The molecule has 0 unspecified atom stereocenters. The average Bonchev–Trinajstić information content (AvgIpc) is 3.62. The van der Waals surface area contributed by atoms with E-state index in [0.29, 0.717) is 21.6 Å². The highest BCUT2D eigenvalue weighted by molar-refractivity contribution is 7.21. The predicted octanol–water partition coefficient (Wildman–Crippen LogP) is 7.41. The summed E-state index contributed by atoms with van der Waals surface area (Å²) in [6.45, 7) is 5.88. The second kappa shape index (κ2) is 10.6. The normalized spacial score (nSPS) is 11.3. The summed E-state index contributed by atoms with van der Waals surface area (Å²) in [5, 5.41) is 3.08. The van der Waals surface area contributed by atoms with E-state index in [1.54, 1.807) is 12.1 Å². The lowest BCUT2D eigenvalue weighted by atomic mass is 10.1. The number of nitrogens with two attached hydrogens (primary N) is 1. The number of hydrogen-bond acceptors (Lipinski definition) is 7. The first-order valence-corrected chi connectivity index (χ1v) is 13.5. The van der Waals surface area contributed by atoms with Gasteiger partial charge in [0, 0.05) is 20.7 Å². The summed E-state index contributed by atoms with van der Waals surface area (Å²) in [4.78, 5) is 31.4. The van der Waals surface area contributed by atoms with Crippen LogP contribution in [-0.4, -0.2) is 16.8 Å². The van der Waals surface area contributed by atoms with Crippen molar-refractivity contribution in [3.63, 3.8) is 0 Å². The van der Waals surface area contributed by atoms with Crippen molar-refractivity contribution in [1.29, 1.82) is 0 Å². The van der Waals surface area contributed by atoms with Crippen molar-refractivity contribution in [2.24, 2.45) is 5.73 Å². The molecule has 0 aliphatic heterocycles. The van der Waals surface area contributed by atoms with Crippen molar-refractivity contribution in [2.45, 2.75) is 33.8 Å². The molecule has 4 heterocycles. The number of hydrogen-bond donors (Lipinski definition) is 2. The SMILES string of the molecule is Cc1ccc(-c2cc(C(F)F)nc3sc(C(N)=O)c(NC(=O)c4ccc(COc5c(C)cccc5C)o4)c23)s1. The van der Waals surface area contributed by atoms with E-state index in [1.165, 1.54) is 23.5 Å². The number of primary amides is 1. The van der Waals surface area contributed by atoms with Crippen LogP contribution in [0.2, 0.25) is 0 Å². The highest BCUT2D eigenvalue weighted by atomic mass is 32.1. The third-order valence-corrected chi connectivity index (χ3v) is 8.16. The van der Waals surface area contributed by atoms with Gasteiger partial charge in [0.25, 0.3) is 18.2 Å². The molecule has 7 nitrogen and oxygen atoms in total. The number of para-hydroxylation sites is 1. The molecule has 0 aliphatic carbocycles. The zero-order chi connectivity index (χ0) is 27.8. The lowest BCUT2D eigenvalue weighted by Gasteiger charge is -2.10. The number of fused-ring (bicyclic) bond motifs is 1. The monoisotopic (exact) mass is 567 g/mol. The lowest BCUT2D eigenvalue weighted by Crippen LogP contribution is -2.16. The number of rotatable bonds is 8. The Hall–Kier alpha value is -4.09.